The Labute approximate surface area is 156 Å². The van der Waals surface area contributed by atoms with Crippen LogP contribution in [0.15, 0.2) is 28.8 Å². The zero-order chi connectivity index (χ0) is 18.8. The van der Waals surface area contributed by atoms with Crippen LogP contribution in [-0.2, 0) is 18.2 Å². The van der Waals surface area contributed by atoms with Crippen LogP contribution in [0, 0.1) is 0 Å². The van der Waals surface area contributed by atoms with Gasteiger partial charge in [0, 0.05) is 37.5 Å². The van der Waals surface area contributed by atoms with E-state index in [2.05, 4.69) is 15.5 Å². The van der Waals surface area contributed by atoms with Gasteiger partial charge in [0.05, 0.1) is 7.11 Å². The summed E-state index contributed by atoms with van der Waals surface area (Å²) >= 11 is 0. The van der Waals surface area contributed by atoms with Gasteiger partial charge in [-0.15, -0.1) is 0 Å². The molecule has 1 amide bonds. The summed E-state index contributed by atoms with van der Waals surface area (Å²) in [5, 5.41) is 7.84. The topological polar surface area (TPSA) is 91.4 Å². The maximum absolute atomic E-state index is 12.5. The molecule has 1 fully saturated rings. The molecule has 0 bridgehead atoms. The van der Waals surface area contributed by atoms with Crippen molar-refractivity contribution in [3.05, 3.63) is 41.7 Å². The Morgan fingerprint density at radius 3 is 3.07 bits per heavy atom. The number of rotatable bonds is 6. The molecule has 0 radical (unpaired) electrons. The Bertz CT molecular complexity index is 956. The maximum atomic E-state index is 12.5. The van der Waals surface area contributed by atoms with Crippen molar-refractivity contribution in [3.8, 4) is 5.75 Å². The van der Waals surface area contributed by atoms with Crippen molar-refractivity contribution in [1.82, 2.24) is 20.0 Å². The van der Waals surface area contributed by atoms with Crippen molar-refractivity contribution in [2.24, 2.45) is 7.05 Å². The molecule has 4 rings (SSSR count). The molecule has 3 aromatic rings. The first-order valence-corrected chi connectivity index (χ1v) is 9.01. The van der Waals surface area contributed by atoms with Gasteiger partial charge in [-0.3, -0.25) is 4.79 Å². The SMILES string of the molecule is COc1ccc2c(c1)cc(C(=O)NCCc1noc([C@@H]3CCCO3)n1)n2C. The van der Waals surface area contributed by atoms with Gasteiger partial charge in [-0.25, -0.2) is 0 Å². The van der Waals surface area contributed by atoms with Crippen molar-refractivity contribution < 1.29 is 18.8 Å². The number of hydrogen-bond acceptors (Lipinski definition) is 6. The number of nitrogens with one attached hydrogen (secondary N) is 1. The molecule has 1 aromatic carbocycles. The van der Waals surface area contributed by atoms with E-state index in [-0.39, 0.29) is 12.0 Å². The molecule has 0 aliphatic carbocycles. The third-order valence-corrected chi connectivity index (χ3v) is 4.81. The van der Waals surface area contributed by atoms with E-state index >= 15 is 0 Å². The van der Waals surface area contributed by atoms with E-state index in [0.29, 0.717) is 30.4 Å². The van der Waals surface area contributed by atoms with Crippen LogP contribution in [0.5, 0.6) is 5.75 Å². The summed E-state index contributed by atoms with van der Waals surface area (Å²) in [7, 11) is 3.50. The van der Waals surface area contributed by atoms with E-state index in [1.54, 1.807) is 7.11 Å². The van der Waals surface area contributed by atoms with Gasteiger partial charge in [-0.2, -0.15) is 4.98 Å². The number of carbonyl (C=O) groups is 1. The molecule has 1 N–H and O–H groups in total. The van der Waals surface area contributed by atoms with E-state index in [4.69, 9.17) is 14.0 Å². The Morgan fingerprint density at radius 1 is 1.41 bits per heavy atom. The summed E-state index contributed by atoms with van der Waals surface area (Å²) in [5.41, 5.74) is 1.56. The van der Waals surface area contributed by atoms with E-state index in [9.17, 15) is 4.79 Å². The minimum absolute atomic E-state index is 0.0892. The molecule has 1 aliphatic rings. The number of fused-ring (bicyclic) bond motifs is 1. The first-order valence-electron chi connectivity index (χ1n) is 9.01. The smallest absolute Gasteiger partial charge is 0.267 e. The minimum atomic E-state index is -0.143. The first-order chi connectivity index (χ1) is 13.2. The minimum Gasteiger partial charge on any atom is -0.497 e. The fourth-order valence-corrected chi connectivity index (χ4v) is 3.32. The second kappa shape index (κ2) is 7.40. The molecule has 3 heterocycles. The van der Waals surface area contributed by atoms with Crippen LogP contribution in [0.1, 0.15) is 41.1 Å². The lowest BCUT2D eigenvalue weighted by atomic mass is 10.2. The van der Waals surface area contributed by atoms with E-state index in [1.807, 2.05) is 35.9 Å². The summed E-state index contributed by atoms with van der Waals surface area (Å²) in [6.07, 6.45) is 2.33. The van der Waals surface area contributed by atoms with Gasteiger partial charge in [-0.05, 0) is 37.1 Å². The number of aromatic nitrogens is 3. The van der Waals surface area contributed by atoms with Crippen LogP contribution in [0.3, 0.4) is 0 Å². The van der Waals surface area contributed by atoms with Crippen molar-refractivity contribution in [2.75, 3.05) is 20.3 Å². The monoisotopic (exact) mass is 370 g/mol. The van der Waals surface area contributed by atoms with Gasteiger partial charge in [0.2, 0.25) is 0 Å². The van der Waals surface area contributed by atoms with Crippen molar-refractivity contribution >= 4 is 16.8 Å². The van der Waals surface area contributed by atoms with Gasteiger partial charge in [0.1, 0.15) is 17.5 Å². The second-order valence-electron chi connectivity index (χ2n) is 6.57. The number of carbonyl (C=O) groups excluding carboxylic acids is 1. The number of nitrogens with zero attached hydrogens (tertiary/aromatic N) is 3. The van der Waals surface area contributed by atoms with E-state index in [1.165, 1.54) is 0 Å². The molecule has 0 unspecified atom stereocenters. The van der Waals surface area contributed by atoms with Crippen LogP contribution in [-0.4, -0.2) is 40.9 Å². The quantitative estimate of drug-likeness (QED) is 0.716. The zero-order valence-corrected chi connectivity index (χ0v) is 15.4. The summed E-state index contributed by atoms with van der Waals surface area (Å²) < 4.78 is 17.9. The van der Waals surface area contributed by atoms with E-state index < -0.39 is 0 Å². The summed E-state index contributed by atoms with van der Waals surface area (Å²) in [4.78, 5) is 16.9. The van der Waals surface area contributed by atoms with Gasteiger partial charge in [-0.1, -0.05) is 5.16 Å². The second-order valence-corrected chi connectivity index (χ2v) is 6.57. The highest BCUT2D eigenvalue weighted by molar-refractivity contribution is 5.99. The standard InChI is InChI=1S/C19H22N4O4/c1-23-14-6-5-13(25-2)10-12(14)11-15(23)18(24)20-8-7-17-21-19(27-22-17)16-4-3-9-26-16/h5-6,10-11,16H,3-4,7-9H2,1-2H3,(H,20,24)/t16-/m0/s1. The molecule has 27 heavy (non-hydrogen) atoms. The lowest BCUT2D eigenvalue weighted by Gasteiger charge is -2.05. The maximum Gasteiger partial charge on any atom is 0.267 e. The third kappa shape index (κ3) is 3.52. The summed E-state index contributed by atoms with van der Waals surface area (Å²) in [5.74, 6) is 1.72. The summed E-state index contributed by atoms with van der Waals surface area (Å²) in [6.45, 7) is 1.16. The first kappa shape index (κ1) is 17.5. The molecule has 1 aliphatic heterocycles. The highest BCUT2D eigenvalue weighted by Crippen LogP contribution is 2.27. The van der Waals surface area contributed by atoms with Gasteiger partial charge in [0.25, 0.3) is 11.8 Å². The Kier molecular flexibility index (Phi) is 4.81. The molecular formula is C19H22N4O4. The number of methoxy groups -OCH3 is 1. The lowest BCUT2D eigenvalue weighted by molar-refractivity contribution is 0.0835. The number of aryl methyl sites for hydroxylation is 1. The fourth-order valence-electron chi connectivity index (χ4n) is 3.32. The number of benzene rings is 1. The van der Waals surface area contributed by atoms with E-state index in [0.717, 1.165) is 36.1 Å². The van der Waals surface area contributed by atoms with Crippen molar-refractivity contribution in [1.29, 1.82) is 0 Å². The molecule has 142 valence electrons. The number of hydrogen-bond donors (Lipinski definition) is 1. The fraction of sp³-hybridized carbons (Fsp3) is 0.421. The Balaban J connectivity index is 1.38. The highest BCUT2D eigenvalue weighted by Gasteiger charge is 2.23. The van der Waals surface area contributed by atoms with Gasteiger partial charge >= 0.3 is 0 Å². The average Bonchev–Trinajstić information content (AvgIpc) is 3.41. The summed E-state index contributed by atoms with van der Waals surface area (Å²) in [6, 6.07) is 7.60. The molecular weight excluding hydrogens is 348 g/mol. The average molecular weight is 370 g/mol. The third-order valence-electron chi connectivity index (χ3n) is 4.81. The van der Waals surface area contributed by atoms with Crippen molar-refractivity contribution in [2.45, 2.75) is 25.4 Å². The number of ether oxygens (including phenoxy) is 2. The molecule has 8 heteroatoms. The van der Waals surface area contributed by atoms with Crippen LogP contribution in [0.2, 0.25) is 0 Å². The molecule has 0 spiro atoms. The predicted octanol–water partition coefficient (Wildman–Crippen LogP) is 2.39. The van der Waals surface area contributed by atoms with Gasteiger partial charge in [0.15, 0.2) is 5.82 Å². The van der Waals surface area contributed by atoms with Crippen LogP contribution in [0.25, 0.3) is 10.9 Å². The molecule has 2 aromatic heterocycles. The van der Waals surface area contributed by atoms with Gasteiger partial charge < -0.3 is 23.9 Å². The van der Waals surface area contributed by atoms with Crippen LogP contribution in [0.4, 0.5) is 0 Å². The zero-order valence-electron chi connectivity index (χ0n) is 15.4. The highest BCUT2D eigenvalue weighted by atomic mass is 16.5. The molecule has 8 nitrogen and oxygen atoms in total. The largest absolute Gasteiger partial charge is 0.497 e. The van der Waals surface area contributed by atoms with Crippen molar-refractivity contribution in [3.63, 3.8) is 0 Å². The Hall–Kier alpha value is -2.87. The number of amides is 1. The van der Waals surface area contributed by atoms with Crippen LogP contribution >= 0.6 is 0 Å². The van der Waals surface area contributed by atoms with Crippen LogP contribution < -0.4 is 10.1 Å². The normalized spacial score (nSPS) is 16.7. The lowest BCUT2D eigenvalue weighted by Crippen LogP contribution is -2.27. The Morgan fingerprint density at radius 2 is 2.30 bits per heavy atom. The predicted molar refractivity (Wildman–Crippen MR) is 97.7 cm³/mol. The molecule has 0 saturated carbocycles. The molecule has 1 atom stereocenters. The molecule has 1 saturated heterocycles.